The number of aryl methyl sites for hydroxylation is 2. The Morgan fingerprint density at radius 2 is 1.70 bits per heavy atom. The van der Waals surface area contributed by atoms with Crippen molar-refractivity contribution in [1.29, 1.82) is 0 Å². The standard InChI is InChI=1S/C17H18O3/c1-12-8-13(2)10-14(9-12)20-11-16(18)15-6-4-5-7-17(15)19-3/h4-10H,11H2,1-3H3. The lowest BCUT2D eigenvalue weighted by Crippen LogP contribution is -2.12. The van der Waals surface area contributed by atoms with E-state index in [2.05, 4.69) is 6.07 Å². The third kappa shape index (κ3) is 3.38. The Balaban J connectivity index is 2.08. The van der Waals surface area contributed by atoms with Crippen molar-refractivity contribution in [3.8, 4) is 11.5 Å². The second-order valence-electron chi connectivity index (χ2n) is 4.74. The van der Waals surface area contributed by atoms with Crippen LogP contribution in [0.25, 0.3) is 0 Å². The van der Waals surface area contributed by atoms with Gasteiger partial charge >= 0.3 is 0 Å². The first-order chi connectivity index (χ1) is 9.60. The van der Waals surface area contributed by atoms with Crippen molar-refractivity contribution in [3.63, 3.8) is 0 Å². The molecule has 2 aromatic carbocycles. The molecule has 0 spiro atoms. The molecule has 0 N–H and O–H groups in total. The average Bonchev–Trinajstić information content (AvgIpc) is 2.43. The third-order valence-corrected chi connectivity index (χ3v) is 2.97. The number of carbonyl (C=O) groups is 1. The average molecular weight is 270 g/mol. The Morgan fingerprint density at radius 3 is 2.35 bits per heavy atom. The van der Waals surface area contributed by atoms with Crippen LogP contribution in [0, 0.1) is 13.8 Å². The normalized spacial score (nSPS) is 10.2. The van der Waals surface area contributed by atoms with Gasteiger partial charge in [-0.3, -0.25) is 4.79 Å². The van der Waals surface area contributed by atoms with Crippen LogP contribution in [0.2, 0.25) is 0 Å². The number of ether oxygens (including phenoxy) is 2. The second kappa shape index (κ2) is 6.24. The summed E-state index contributed by atoms with van der Waals surface area (Å²) in [5, 5.41) is 0. The molecule has 2 rings (SSSR count). The van der Waals surface area contributed by atoms with Gasteiger partial charge in [0, 0.05) is 0 Å². The fourth-order valence-electron chi connectivity index (χ4n) is 2.12. The Kier molecular flexibility index (Phi) is 4.41. The van der Waals surface area contributed by atoms with Gasteiger partial charge in [-0.1, -0.05) is 18.2 Å². The molecule has 3 heteroatoms. The minimum atomic E-state index is -0.0957. The predicted molar refractivity (Wildman–Crippen MR) is 78.7 cm³/mol. The summed E-state index contributed by atoms with van der Waals surface area (Å²) in [5.74, 6) is 1.19. The van der Waals surface area contributed by atoms with Crippen LogP contribution >= 0.6 is 0 Å². The number of rotatable bonds is 5. The number of ketones is 1. The summed E-state index contributed by atoms with van der Waals surface area (Å²) in [6.45, 7) is 4.01. The lowest BCUT2D eigenvalue weighted by Gasteiger charge is -2.10. The first-order valence-corrected chi connectivity index (χ1v) is 6.47. The molecule has 0 aromatic heterocycles. The van der Waals surface area contributed by atoms with Crippen LogP contribution in [-0.4, -0.2) is 19.5 Å². The van der Waals surface area contributed by atoms with E-state index >= 15 is 0 Å². The smallest absolute Gasteiger partial charge is 0.203 e. The monoisotopic (exact) mass is 270 g/mol. The van der Waals surface area contributed by atoms with Crippen molar-refractivity contribution in [1.82, 2.24) is 0 Å². The quantitative estimate of drug-likeness (QED) is 0.779. The number of benzene rings is 2. The molecule has 0 saturated carbocycles. The van der Waals surface area contributed by atoms with Crippen LogP contribution in [0.15, 0.2) is 42.5 Å². The summed E-state index contributed by atoms with van der Waals surface area (Å²) in [6, 6.07) is 13.1. The van der Waals surface area contributed by atoms with Gasteiger partial charge in [0.2, 0.25) is 5.78 Å². The summed E-state index contributed by atoms with van der Waals surface area (Å²) in [7, 11) is 1.55. The zero-order valence-corrected chi connectivity index (χ0v) is 12.0. The highest BCUT2D eigenvalue weighted by Crippen LogP contribution is 2.20. The SMILES string of the molecule is COc1ccccc1C(=O)COc1cc(C)cc(C)c1. The zero-order valence-electron chi connectivity index (χ0n) is 12.0. The summed E-state index contributed by atoms with van der Waals surface area (Å²) >= 11 is 0. The number of Topliss-reactive ketones (excluding diaryl/α,β-unsaturated/α-hetero) is 1. The molecular weight excluding hydrogens is 252 g/mol. The Hall–Kier alpha value is -2.29. The van der Waals surface area contributed by atoms with Gasteiger partial charge in [0.1, 0.15) is 11.5 Å². The molecule has 0 unspecified atom stereocenters. The molecule has 0 aliphatic heterocycles. The first kappa shape index (κ1) is 14.1. The minimum absolute atomic E-state index is 0.00324. The first-order valence-electron chi connectivity index (χ1n) is 6.47. The number of carbonyl (C=O) groups excluding carboxylic acids is 1. The summed E-state index contributed by atoms with van der Waals surface area (Å²) in [5.41, 5.74) is 2.77. The fraction of sp³-hybridized carbons (Fsp3) is 0.235. The Morgan fingerprint density at radius 1 is 1.05 bits per heavy atom. The van der Waals surface area contributed by atoms with E-state index in [4.69, 9.17) is 9.47 Å². The third-order valence-electron chi connectivity index (χ3n) is 2.97. The largest absolute Gasteiger partial charge is 0.496 e. The molecule has 0 amide bonds. The van der Waals surface area contributed by atoms with E-state index in [1.165, 1.54) is 0 Å². The second-order valence-corrected chi connectivity index (χ2v) is 4.74. The van der Waals surface area contributed by atoms with E-state index in [-0.39, 0.29) is 12.4 Å². The van der Waals surface area contributed by atoms with E-state index in [1.54, 1.807) is 19.2 Å². The highest BCUT2D eigenvalue weighted by atomic mass is 16.5. The zero-order chi connectivity index (χ0) is 14.5. The molecule has 0 saturated heterocycles. The number of hydrogen-bond donors (Lipinski definition) is 0. The molecule has 20 heavy (non-hydrogen) atoms. The van der Waals surface area contributed by atoms with E-state index in [0.717, 1.165) is 11.1 Å². The Bertz CT molecular complexity index is 597. The lowest BCUT2D eigenvalue weighted by molar-refractivity contribution is 0.0918. The van der Waals surface area contributed by atoms with Gasteiger partial charge in [-0.25, -0.2) is 0 Å². The van der Waals surface area contributed by atoms with Gasteiger partial charge in [0.05, 0.1) is 12.7 Å². The van der Waals surface area contributed by atoms with Crippen LogP contribution in [0.5, 0.6) is 11.5 Å². The van der Waals surface area contributed by atoms with Gasteiger partial charge in [-0.2, -0.15) is 0 Å². The molecule has 0 aliphatic carbocycles. The molecule has 2 aromatic rings. The number of para-hydroxylation sites is 1. The van der Waals surface area contributed by atoms with E-state index in [9.17, 15) is 4.79 Å². The van der Waals surface area contributed by atoms with E-state index in [1.807, 2.05) is 38.1 Å². The molecule has 0 fully saturated rings. The molecule has 3 nitrogen and oxygen atoms in total. The highest BCUT2D eigenvalue weighted by molar-refractivity contribution is 5.99. The Labute approximate surface area is 119 Å². The van der Waals surface area contributed by atoms with Gasteiger partial charge in [-0.05, 0) is 49.2 Å². The topological polar surface area (TPSA) is 35.5 Å². The van der Waals surface area contributed by atoms with Crippen molar-refractivity contribution < 1.29 is 14.3 Å². The lowest BCUT2D eigenvalue weighted by atomic mass is 10.1. The van der Waals surface area contributed by atoms with Crippen molar-refractivity contribution >= 4 is 5.78 Å². The number of methoxy groups -OCH3 is 1. The predicted octanol–water partition coefficient (Wildman–Crippen LogP) is 3.57. The van der Waals surface area contributed by atoms with Crippen molar-refractivity contribution in [2.45, 2.75) is 13.8 Å². The maximum atomic E-state index is 12.2. The van der Waals surface area contributed by atoms with Crippen LogP contribution in [0.1, 0.15) is 21.5 Å². The number of hydrogen-bond acceptors (Lipinski definition) is 3. The van der Waals surface area contributed by atoms with Gasteiger partial charge < -0.3 is 9.47 Å². The van der Waals surface area contributed by atoms with Crippen LogP contribution in [0.3, 0.4) is 0 Å². The molecular formula is C17H18O3. The van der Waals surface area contributed by atoms with Crippen LogP contribution < -0.4 is 9.47 Å². The van der Waals surface area contributed by atoms with E-state index < -0.39 is 0 Å². The molecule has 0 bridgehead atoms. The summed E-state index contributed by atoms with van der Waals surface area (Å²) in [4.78, 5) is 12.2. The van der Waals surface area contributed by atoms with Gasteiger partial charge in [0.25, 0.3) is 0 Å². The van der Waals surface area contributed by atoms with Crippen molar-refractivity contribution in [3.05, 3.63) is 59.2 Å². The minimum Gasteiger partial charge on any atom is -0.496 e. The van der Waals surface area contributed by atoms with Gasteiger partial charge in [0.15, 0.2) is 6.61 Å². The highest BCUT2D eigenvalue weighted by Gasteiger charge is 2.12. The summed E-state index contributed by atoms with van der Waals surface area (Å²) < 4.78 is 10.8. The maximum Gasteiger partial charge on any atom is 0.203 e. The molecule has 0 heterocycles. The van der Waals surface area contributed by atoms with Crippen molar-refractivity contribution in [2.24, 2.45) is 0 Å². The molecule has 0 radical (unpaired) electrons. The molecule has 104 valence electrons. The van der Waals surface area contributed by atoms with Gasteiger partial charge in [-0.15, -0.1) is 0 Å². The molecule has 0 aliphatic rings. The fourth-order valence-corrected chi connectivity index (χ4v) is 2.12. The molecule has 0 atom stereocenters. The van der Waals surface area contributed by atoms with E-state index in [0.29, 0.717) is 17.1 Å². The van der Waals surface area contributed by atoms with Crippen molar-refractivity contribution in [2.75, 3.05) is 13.7 Å². The van der Waals surface area contributed by atoms with Crippen LogP contribution in [-0.2, 0) is 0 Å². The van der Waals surface area contributed by atoms with Crippen LogP contribution in [0.4, 0.5) is 0 Å². The summed E-state index contributed by atoms with van der Waals surface area (Å²) in [6.07, 6.45) is 0. The maximum absolute atomic E-state index is 12.2.